The van der Waals surface area contributed by atoms with Gasteiger partial charge in [-0.1, -0.05) is 48.8 Å². The van der Waals surface area contributed by atoms with Crippen LogP contribution in [0.3, 0.4) is 0 Å². The maximum absolute atomic E-state index is 4.72. The zero-order valence-corrected chi connectivity index (χ0v) is 14.4. The van der Waals surface area contributed by atoms with Crippen LogP contribution in [0.25, 0.3) is 11.4 Å². The predicted octanol–water partition coefficient (Wildman–Crippen LogP) is 4.93. The van der Waals surface area contributed by atoms with Crippen LogP contribution in [0.2, 0.25) is 0 Å². The van der Waals surface area contributed by atoms with Gasteiger partial charge >= 0.3 is 0 Å². The van der Waals surface area contributed by atoms with Gasteiger partial charge in [-0.3, -0.25) is 0 Å². The first-order valence-corrected chi connectivity index (χ1v) is 8.25. The second kappa shape index (κ2) is 7.55. The molecule has 0 saturated heterocycles. The lowest BCUT2D eigenvalue weighted by Crippen LogP contribution is -2.07. The molecule has 0 bridgehead atoms. The van der Waals surface area contributed by atoms with Gasteiger partial charge in [-0.2, -0.15) is 0 Å². The van der Waals surface area contributed by atoms with Crippen LogP contribution < -0.4 is 5.32 Å². The Morgan fingerprint density at radius 3 is 2.48 bits per heavy atom. The van der Waals surface area contributed by atoms with Crippen LogP contribution in [0.4, 0.5) is 5.82 Å². The van der Waals surface area contributed by atoms with Crippen LogP contribution in [0.5, 0.6) is 0 Å². The highest BCUT2D eigenvalue weighted by Crippen LogP contribution is 2.21. The summed E-state index contributed by atoms with van der Waals surface area (Å²) in [4.78, 5) is 9.36. The van der Waals surface area contributed by atoms with Crippen molar-refractivity contribution in [3.8, 4) is 11.4 Å². The predicted molar refractivity (Wildman–Crippen MR) is 92.5 cm³/mol. The van der Waals surface area contributed by atoms with E-state index in [0.717, 1.165) is 46.8 Å². The number of nitrogens with one attached hydrogen (secondary N) is 1. The zero-order valence-electron chi connectivity index (χ0n) is 12.9. The summed E-state index contributed by atoms with van der Waals surface area (Å²) in [6.07, 6.45) is 2.05. The summed E-state index contributed by atoms with van der Waals surface area (Å²) in [5, 5.41) is 3.37. The van der Waals surface area contributed by atoms with Gasteiger partial charge in [0.2, 0.25) is 0 Å². The van der Waals surface area contributed by atoms with Crippen molar-refractivity contribution in [2.24, 2.45) is 5.92 Å². The molecular weight excluding hydrogens is 326 g/mol. The van der Waals surface area contributed by atoms with Gasteiger partial charge in [-0.05, 0) is 30.9 Å². The number of hydrogen-bond acceptors (Lipinski definition) is 3. The van der Waals surface area contributed by atoms with Gasteiger partial charge in [0.05, 0.1) is 0 Å². The van der Waals surface area contributed by atoms with Gasteiger partial charge in [-0.25, -0.2) is 9.97 Å². The molecule has 112 valence electrons. The van der Waals surface area contributed by atoms with E-state index in [-0.39, 0.29) is 0 Å². The molecule has 0 aliphatic heterocycles. The highest BCUT2D eigenvalue weighted by Gasteiger charge is 2.08. The largest absolute Gasteiger partial charge is 0.370 e. The fraction of sp³-hybridized carbons (Fsp3) is 0.412. The summed E-state index contributed by atoms with van der Waals surface area (Å²) >= 11 is 3.46. The Hall–Kier alpha value is -1.42. The smallest absolute Gasteiger partial charge is 0.161 e. The van der Waals surface area contributed by atoms with Crippen LogP contribution in [0.1, 0.15) is 32.9 Å². The van der Waals surface area contributed by atoms with Gasteiger partial charge < -0.3 is 5.32 Å². The number of aromatic nitrogens is 2. The summed E-state index contributed by atoms with van der Waals surface area (Å²) < 4.78 is 1.06. The van der Waals surface area contributed by atoms with Gasteiger partial charge in [0.25, 0.3) is 0 Å². The number of rotatable bonds is 6. The Labute approximate surface area is 135 Å². The Morgan fingerprint density at radius 2 is 1.86 bits per heavy atom. The number of hydrogen-bond donors (Lipinski definition) is 1. The summed E-state index contributed by atoms with van der Waals surface area (Å²) in [6, 6.07) is 10.2. The maximum Gasteiger partial charge on any atom is 0.161 e. The first-order chi connectivity index (χ1) is 10.1. The minimum absolute atomic E-state index is 0.580. The molecule has 1 aromatic carbocycles. The molecule has 0 unspecified atom stereocenters. The Balaban J connectivity index is 2.36. The van der Waals surface area contributed by atoms with E-state index in [4.69, 9.17) is 4.98 Å². The maximum atomic E-state index is 4.72. The molecule has 1 aromatic heterocycles. The second-order valence-corrected chi connectivity index (χ2v) is 6.52. The molecule has 0 aliphatic rings. The Bertz CT molecular complexity index is 579. The van der Waals surface area contributed by atoms with Gasteiger partial charge in [0.15, 0.2) is 5.82 Å². The third-order valence-corrected chi connectivity index (χ3v) is 3.58. The van der Waals surface area contributed by atoms with Crippen LogP contribution in [-0.2, 0) is 6.42 Å². The summed E-state index contributed by atoms with van der Waals surface area (Å²) in [5.74, 6) is 2.29. The van der Waals surface area contributed by atoms with E-state index in [1.54, 1.807) is 0 Å². The van der Waals surface area contributed by atoms with Crippen molar-refractivity contribution in [2.45, 2.75) is 33.6 Å². The van der Waals surface area contributed by atoms with Crippen molar-refractivity contribution in [1.29, 1.82) is 0 Å². The van der Waals surface area contributed by atoms with E-state index in [1.807, 2.05) is 24.3 Å². The zero-order chi connectivity index (χ0) is 15.2. The molecule has 0 saturated carbocycles. The molecule has 0 aliphatic carbocycles. The lowest BCUT2D eigenvalue weighted by Gasteiger charge is -2.11. The number of anilines is 1. The highest BCUT2D eigenvalue weighted by molar-refractivity contribution is 9.10. The number of benzene rings is 1. The molecule has 2 rings (SSSR count). The van der Waals surface area contributed by atoms with Crippen molar-refractivity contribution in [1.82, 2.24) is 9.97 Å². The van der Waals surface area contributed by atoms with Crippen LogP contribution in [0, 0.1) is 5.92 Å². The van der Waals surface area contributed by atoms with E-state index < -0.39 is 0 Å². The molecule has 3 nitrogen and oxygen atoms in total. The first kappa shape index (κ1) is 16.0. The first-order valence-electron chi connectivity index (χ1n) is 7.46. The van der Waals surface area contributed by atoms with Crippen LogP contribution in [0.15, 0.2) is 34.8 Å². The number of halogens is 1. The Kier molecular flexibility index (Phi) is 5.74. The minimum atomic E-state index is 0.580. The molecular formula is C17H22BrN3. The summed E-state index contributed by atoms with van der Waals surface area (Å²) in [7, 11) is 0. The molecule has 2 aromatic rings. The molecule has 1 N–H and O–H groups in total. The summed E-state index contributed by atoms with van der Waals surface area (Å²) in [5.41, 5.74) is 2.14. The summed E-state index contributed by atoms with van der Waals surface area (Å²) in [6.45, 7) is 7.50. The molecule has 0 atom stereocenters. The molecule has 0 spiro atoms. The van der Waals surface area contributed by atoms with E-state index in [9.17, 15) is 0 Å². The minimum Gasteiger partial charge on any atom is -0.370 e. The normalized spacial score (nSPS) is 10.9. The lowest BCUT2D eigenvalue weighted by atomic mass is 10.1. The highest BCUT2D eigenvalue weighted by atomic mass is 79.9. The topological polar surface area (TPSA) is 37.8 Å². The average molecular weight is 348 g/mol. The third kappa shape index (κ3) is 4.81. The molecule has 0 radical (unpaired) electrons. The van der Waals surface area contributed by atoms with Crippen molar-refractivity contribution in [3.05, 3.63) is 40.5 Å². The molecule has 1 heterocycles. The van der Waals surface area contributed by atoms with E-state index >= 15 is 0 Å². The van der Waals surface area contributed by atoms with Gasteiger partial charge in [-0.15, -0.1) is 0 Å². The van der Waals surface area contributed by atoms with E-state index in [0.29, 0.717) is 5.92 Å². The van der Waals surface area contributed by atoms with Crippen LogP contribution in [-0.4, -0.2) is 16.5 Å². The fourth-order valence-corrected chi connectivity index (χ4v) is 2.36. The molecule has 21 heavy (non-hydrogen) atoms. The van der Waals surface area contributed by atoms with E-state index in [2.05, 4.69) is 53.1 Å². The SMILES string of the molecule is CCCNc1cc(CC(C)C)nc(-c2ccc(Br)cc2)n1. The van der Waals surface area contributed by atoms with Gasteiger partial charge in [0, 0.05) is 28.3 Å². The van der Waals surface area contributed by atoms with E-state index in [1.165, 1.54) is 0 Å². The Morgan fingerprint density at radius 1 is 1.14 bits per heavy atom. The molecule has 0 amide bonds. The average Bonchev–Trinajstić information content (AvgIpc) is 2.45. The molecule has 0 fully saturated rings. The van der Waals surface area contributed by atoms with Crippen molar-refractivity contribution in [3.63, 3.8) is 0 Å². The second-order valence-electron chi connectivity index (χ2n) is 5.60. The molecule has 4 heteroatoms. The monoisotopic (exact) mass is 347 g/mol. The quantitative estimate of drug-likeness (QED) is 0.805. The van der Waals surface area contributed by atoms with Gasteiger partial charge in [0.1, 0.15) is 5.82 Å². The standard InChI is InChI=1S/C17H22BrN3/c1-4-9-19-16-11-15(10-12(2)3)20-17(21-16)13-5-7-14(18)8-6-13/h5-8,11-12H,4,9-10H2,1-3H3,(H,19,20,21). The van der Waals surface area contributed by atoms with Crippen molar-refractivity contribution >= 4 is 21.7 Å². The third-order valence-electron chi connectivity index (χ3n) is 3.06. The van der Waals surface area contributed by atoms with Crippen molar-refractivity contribution in [2.75, 3.05) is 11.9 Å². The van der Waals surface area contributed by atoms with Crippen molar-refractivity contribution < 1.29 is 0 Å². The van der Waals surface area contributed by atoms with Crippen LogP contribution >= 0.6 is 15.9 Å². The number of nitrogens with zero attached hydrogens (tertiary/aromatic N) is 2. The fourth-order valence-electron chi connectivity index (χ4n) is 2.09. The lowest BCUT2D eigenvalue weighted by molar-refractivity contribution is 0.635.